The second-order valence-corrected chi connectivity index (χ2v) is 12.6. The number of nitrogens with zero attached hydrogens (tertiary/aromatic N) is 3. The van der Waals surface area contributed by atoms with Crippen LogP contribution in [0.4, 0.5) is 5.13 Å². The summed E-state index contributed by atoms with van der Waals surface area (Å²) < 4.78 is 34.8. The lowest BCUT2D eigenvalue weighted by Gasteiger charge is -2.33. The van der Waals surface area contributed by atoms with Crippen molar-refractivity contribution < 1.29 is 17.9 Å². The average Bonchev–Trinajstić information content (AvgIpc) is 3.39. The van der Waals surface area contributed by atoms with Gasteiger partial charge in [0.1, 0.15) is 11.3 Å². The molecule has 0 saturated carbocycles. The minimum absolute atomic E-state index is 0.117. The fourth-order valence-corrected chi connectivity index (χ4v) is 7.41. The molecule has 1 unspecified atom stereocenters. The summed E-state index contributed by atoms with van der Waals surface area (Å²) in [5, 5.41) is 0.583. The number of hydrogen-bond acceptors (Lipinski definition) is 6. The van der Waals surface area contributed by atoms with Crippen molar-refractivity contribution in [1.82, 2.24) is 9.29 Å². The number of methoxy groups -OCH3 is 1. The summed E-state index contributed by atoms with van der Waals surface area (Å²) in [6.45, 7) is 4.83. The Morgan fingerprint density at radius 1 is 1.08 bits per heavy atom. The third-order valence-electron chi connectivity index (χ3n) is 6.98. The number of piperidine rings is 1. The van der Waals surface area contributed by atoms with E-state index in [1.165, 1.54) is 15.6 Å². The van der Waals surface area contributed by atoms with Crippen LogP contribution >= 0.6 is 11.3 Å². The second-order valence-electron chi connectivity index (χ2n) is 9.68. The first-order valence-corrected chi connectivity index (χ1v) is 14.9. The van der Waals surface area contributed by atoms with Gasteiger partial charge in [0, 0.05) is 13.1 Å². The first kappa shape index (κ1) is 26.3. The van der Waals surface area contributed by atoms with Crippen LogP contribution in [0, 0.1) is 19.8 Å². The number of rotatable bonds is 7. The largest absolute Gasteiger partial charge is 0.494 e. The van der Waals surface area contributed by atoms with E-state index in [1.807, 2.05) is 56.3 Å². The van der Waals surface area contributed by atoms with Gasteiger partial charge >= 0.3 is 0 Å². The molecule has 198 valence electrons. The molecule has 9 heteroatoms. The van der Waals surface area contributed by atoms with Gasteiger partial charge in [-0.1, -0.05) is 65.4 Å². The summed E-state index contributed by atoms with van der Waals surface area (Å²) in [4.78, 5) is 20.9. The minimum atomic E-state index is -3.70. The van der Waals surface area contributed by atoms with Crippen molar-refractivity contribution in [3.8, 4) is 5.75 Å². The quantitative estimate of drug-likeness (QED) is 0.302. The van der Waals surface area contributed by atoms with E-state index >= 15 is 0 Å². The maximum Gasteiger partial charge on any atom is 0.243 e. The number of amides is 1. The Kier molecular flexibility index (Phi) is 7.52. The SMILES string of the molecule is COc1ccc(C)c2sc(N(Cc3ccccc3)C(=O)C3CCCN(S(=O)(=O)c4ccc(C)cc4)C3)nc12. The molecule has 4 aromatic rings. The van der Waals surface area contributed by atoms with Crippen LogP contribution in [0.25, 0.3) is 10.2 Å². The van der Waals surface area contributed by atoms with Gasteiger partial charge < -0.3 is 4.74 Å². The van der Waals surface area contributed by atoms with E-state index in [1.54, 1.807) is 36.3 Å². The maximum absolute atomic E-state index is 14.1. The smallest absolute Gasteiger partial charge is 0.243 e. The van der Waals surface area contributed by atoms with Gasteiger partial charge in [0.05, 0.1) is 29.2 Å². The Balaban J connectivity index is 1.48. The fraction of sp³-hybridized carbons (Fsp3) is 0.310. The van der Waals surface area contributed by atoms with Crippen molar-refractivity contribution in [2.45, 2.75) is 38.1 Å². The van der Waals surface area contributed by atoms with Crippen molar-refractivity contribution in [3.63, 3.8) is 0 Å². The summed E-state index contributed by atoms with van der Waals surface area (Å²) in [5.74, 6) is 0.0734. The molecule has 2 heterocycles. The summed E-state index contributed by atoms with van der Waals surface area (Å²) in [6, 6.07) is 20.5. The van der Waals surface area contributed by atoms with E-state index in [0.29, 0.717) is 36.8 Å². The first-order chi connectivity index (χ1) is 18.3. The number of thiazole rings is 1. The number of sulfonamides is 1. The summed E-state index contributed by atoms with van der Waals surface area (Å²) in [7, 11) is -2.08. The number of benzene rings is 3. The summed E-state index contributed by atoms with van der Waals surface area (Å²) in [6.07, 6.45) is 1.24. The van der Waals surface area contributed by atoms with Gasteiger partial charge in [-0.15, -0.1) is 0 Å². The summed E-state index contributed by atoms with van der Waals surface area (Å²) in [5.41, 5.74) is 3.76. The number of carbonyl (C=O) groups excluding carboxylic acids is 1. The number of aryl methyl sites for hydroxylation is 2. The molecule has 38 heavy (non-hydrogen) atoms. The minimum Gasteiger partial charge on any atom is -0.494 e. The molecular weight excluding hydrogens is 518 g/mol. The highest BCUT2D eigenvalue weighted by Crippen LogP contribution is 2.38. The monoisotopic (exact) mass is 549 g/mol. The third kappa shape index (κ3) is 5.18. The molecule has 0 radical (unpaired) electrons. The second kappa shape index (κ2) is 10.8. The molecule has 0 spiro atoms. The highest BCUT2D eigenvalue weighted by molar-refractivity contribution is 7.89. The molecule has 0 N–H and O–H groups in total. The van der Waals surface area contributed by atoms with Gasteiger partial charge in [0.2, 0.25) is 15.9 Å². The number of aromatic nitrogens is 1. The topological polar surface area (TPSA) is 79.8 Å². The van der Waals surface area contributed by atoms with Gasteiger partial charge in [-0.25, -0.2) is 13.4 Å². The molecule has 7 nitrogen and oxygen atoms in total. The Morgan fingerprint density at radius 2 is 1.82 bits per heavy atom. The highest BCUT2D eigenvalue weighted by Gasteiger charge is 2.36. The van der Waals surface area contributed by atoms with Crippen molar-refractivity contribution in [2.24, 2.45) is 5.92 Å². The van der Waals surface area contributed by atoms with Gasteiger partial charge in [-0.05, 0) is 56.0 Å². The van der Waals surface area contributed by atoms with Gasteiger partial charge in [-0.2, -0.15) is 4.31 Å². The highest BCUT2D eigenvalue weighted by atomic mass is 32.2. The van der Waals surface area contributed by atoms with Crippen LogP contribution in [0.15, 0.2) is 71.6 Å². The molecule has 1 fully saturated rings. The molecule has 1 aliphatic rings. The molecule has 3 aromatic carbocycles. The van der Waals surface area contributed by atoms with Crippen molar-refractivity contribution in [1.29, 1.82) is 0 Å². The zero-order valence-electron chi connectivity index (χ0n) is 21.8. The molecule has 1 aromatic heterocycles. The van der Waals surface area contributed by atoms with E-state index in [0.717, 1.165) is 26.9 Å². The lowest BCUT2D eigenvalue weighted by atomic mass is 9.98. The number of hydrogen-bond donors (Lipinski definition) is 0. The molecule has 1 atom stereocenters. The molecule has 1 saturated heterocycles. The third-order valence-corrected chi connectivity index (χ3v) is 10.1. The fourth-order valence-electron chi connectivity index (χ4n) is 4.83. The average molecular weight is 550 g/mol. The lowest BCUT2D eigenvalue weighted by Crippen LogP contribution is -2.46. The zero-order chi connectivity index (χ0) is 26.9. The van der Waals surface area contributed by atoms with Crippen LogP contribution < -0.4 is 9.64 Å². The predicted octanol–water partition coefficient (Wildman–Crippen LogP) is 5.56. The van der Waals surface area contributed by atoms with Crippen molar-refractivity contribution in [2.75, 3.05) is 25.1 Å². The predicted molar refractivity (Wildman–Crippen MR) is 151 cm³/mol. The molecule has 0 bridgehead atoms. The van der Waals surface area contributed by atoms with Crippen molar-refractivity contribution in [3.05, 3.63) is 83.4 Å². The molecule has 5 rings (SSSR count). The van der Waals surface area contributed by atoms with Crippen LogP contribution in [-0.4, -0.2) is 43.8 Å². The van der Waals surface area contributed by atoms with Crippen LogP contribution in [-0.2, 0) is 21.4 Å². The Labute approximate surface area is 227 Å². The molecule has 1 aliphatic heterocycles. The van der Waals surface area contributed by atoms with Crippen LogP contribution in [0.5, 0.6) is 5.75 Å². The van der Waals surface area contributed by atoms with Gasteiger partial charge in [0.15, 0.2) is 5.13 Å². The molecular formula is C29H31N3O4S2. The molecule has 1 amide bonds. The first-order valence-electron chi connectivity index (χ1n) is 12.6. The van der Waals surface area contributed by atoms with E-state index in [-0.39, 0.29) is 17.3 Å². The number of anilines is 1. The lowest BCUT2D eigenvalue weighted by molar-refractivity contribution is -0.123. The van der Waals surface area contributed by atoms with E-state index in [2.05, 4.69) is 0 Å². The zero-order valence-corrected chi connectivity index (χ0v) is 23.4. The normalized spacial score (nSPS) is 16.4. The number of carbonyl (C=O) groups is 1. The van der Waals surface area contributed by atoms with Crippen LogP contribution in [0.3, 0.4) is 0 Å². The van der Waals surface area contributed by atoms with Gasteiger partial charge in [0.25, 0.3) is 0 Å². The molecule has 0 aliphatic carbocycles. The maximum atomic E-state index is 14.1. The van der Waals surface area contributed by atoms with Gasteiger partial charge in [-0.3, -0.25) is 9.69 Å². The standard InChI is InChI=1S/C29H31N3O4S2/c1-20-11-14-24(15-12-20)38(34,35)31-17-7-10-23(19-31)28(33)32(18-22-8-5-4-6-9-22)29-30-26-25(36-3)16-13-21(2)27(26)37-29/h4-6,8-9,11-16,23H,7,10,17-19H2,1-3H3. The Morgan fingerprint density at radius 3 is 2.53 bits per heavy atom. The summed E-state index contributed by atoms with van der Waals surface area (Å²) >= 11 is 1.46. The van der Waals surface area contributed by atoms with Crippen molar-refractivity contribution >= 4 is 42.6 Å². The number of fused-ring (bicyclic) bond motifs is 1. The van der Waals surface area contributed by atoms with E-state index in [4.69, 9.17) is 9.72 Å². The number of ether oxygens (including phenoxy) is 1. The van der Waals surface area contributed by atoms with Crippen LogP contribution in [0.2, 0.25) is 0 Å². The Hall–Kier alpha value is -3.27. The Bertz CT molecular complexity index is 1550. The van der Waals surface area contributed by atoms with E-state index < -0.39 is 15.9 Å². The van der Waals surface area contributed by atoms with E-state index in [9.17, 15) is 13.2 Å². The van der Waals surface area contributed by atoms with Crippen LogP contribution in [0.1, 0.15) is 29.5 Å².